The van der Waals surface area contributed by atoms with Crippen LogP contribution in [0.3, 0.4) is 0 Å². The van der Waals surface area contributed by atoms with Gasteiger partial charge in [-0.1, -0.05) is 41.9 Å². The molecule has 0 atom stereocenters. The van der Waals surface area contributed by atoms with E-state index in [-0.39, 0.29) is 12.4 Å². The number of carbonyl (C=O) groups is 2. The highest BCUT2D eigenvalue weighted by Crippen LogP contribution is 2.24. The van der Waals surface area contributed by atoms with Crippen LogP contribution in [0.15, 0.2) is 70.7 Å². The number of hydrogen-bond donors (Lipinski definition) is 1. The number of halogens is 1. The van der Waals surface area contributed by atoms with E-state index in [4.69, 9.17) is 31.1 Å². The van der Waals surface area contributed by atoms with Gasteiger partial charge in [0.2, 0.25) is 0 Å². The van der Waals surface area contributed by atoms with E-state index in [1.807, 2.05) is 6.07 Å². The van der Waals surface area contributed by atoms with Crippen LogP contribution in [0.2, 0.25) is 5.02 Å². The summed E-state index contributed by atoms with van der Waals surface area (Å²) < 4.78 is 10.8. The average Bonchev–Trinajstić information content (AvgIpc) is 3.20. The maximum atomic E-state index is 12.2. The van der Waals surface area contributed by atoms with E-state index in [9.17, 15) is 9.59 Å². The second kappa shape index (κ2) is 8.91. The maximum absolute atomic E-state index is 12.2. The number of furan rings is 1. The van der Waals surface area contributed by atoms with Crippen molar-refractivity contribution in [2.75, 3.05) is 0 Å². The van der Waals surface area contributed by atoms with E-state index in [0.29, 0.717) is 27.5 Å². The van der Waals surface area contributed by atoms with E-state index < -0.39 is 17.5 Å². The van der Waals surface area contributed by atoms with Crippen molar-refractivity contribution in [2.45, 2.75) is 6.61 Å². The Morgan fingerprint density at radius 1 is 1.10 bits per heavy atom. The van der Waals surface area contributed by atoms with Crippen molar-refractivity contribution >= 4 is 29.6 Å². The molecule has 0 radical (unpaired) electrons. The molecule has 6 nitrogen and oxygen atoms in total. The fourth-order valence-electron chi connectivity index (χ4n) is 2.48. The summed E-state index contributed by atoms with van der Waals surface area (Å²) in [5.74, 6) is -1.11. The summed E-state index contributed by atoms with van der Waals surface area (Å²) in [5, 5.41) is 18.2. The molecule has 0 saturated carbocycles. The number of esters is 1. The fourth-order valence-corrected chi connectivity index (χ4v) is 2.67. The van der Waals surface area contributed by atoms with Gasteiger partial charge in [-0.3, -0.25) is 0 Å². The van der Waals surface area contributed by atoms with Gasteiger partial charge in [-0.2, -0.15) is 5.26 Å². The van der Waals surface area contributed by atoms with Crippen LogP contribution in [0.25, 0.3) is 17.4 Å². The topological polar surface area (TPSA) is 101 Å². The van der Waals surface area contributed by atoms with Gasteiger partial charge in [0, 0.05) is 22.2 Å². The lowest BCUT2D eigenvalue weighted by atomic mass is 10.1. The molecule has 2 aromatic carbocycles. The predicted octanol–water partition coefficient (Wildman–Crippen LogP) is 4.95. The van der Waals surface area contributed by atoms with Crippen LogP contribution in [0.4, 0.5) is 0 Å². The molecule has 3 rings (SSSR count). The molecule has 29 heavy (non-hydrogen) atoms. The number of rotatable bonds is 6. The predicted molar refractivity (Wildman–Crippen MR) is 106 cm³/mol. The lowest BCUT2D eigenvalue weighted by Gasteiger charge is -2.07. The Balaban J connectivity index is 1.69. The van der Waals surface area contributed by atoms with Gasteiger partial charge in [0.25, 0.3) is 0 Å². The van der Waals surface area contributed by atoms with Gasteiger partial charge in [-0.25, -0.2) is 9.59 Å². The molecular weight excluding hydrogens is 394 g/mol. The van der Waals surface area contributed by atoms with Crippen LogP contribution in [0, 0.1) is 11.3 Å². The molecule has 7 heteroatoms. The Morgan fingerprint density at radius 2 is 1.83 bits per heavy atom. The minimum Gasteiger partial charge on any atom is -0.477 e. The molecule has 0 aliphatic carbocycles. The lowest BCUT2D eigenvalue weighted by Crippen LogP contribution is -2.05. The molecule has 1 aromatic heterocycles. The van der Waals surface area contributed by atoms with Gasteiger partial charge in [-0.15, -0.1) is 0 Å². The van der Waals surface area contributed by atoms with E-state index in [1.54, 1.807) is 60.7 Å². The number of benzene rings is 2. The average molecular weight is 408 g/mol. The monoisotopic (exact) mass is 407 g/mol. The summed E-state index contributed by atoms with van der Waals surface area (Å²) in [6.45, 7) is 0.0684. The van der Waals surface area contributed by atoms with Crippen molar-refractivity contribution in [3.63, 3.8) is 0 Å². The molecule has 0 saturated heterocycles. The van der Waals surface area contributed by atoms with E-state index in [2.05, 4.69) is 0 Å². The molecule has 0 amide bonds. The third-order valence-electron chi connectivity index (χ3n) is 3.99. The first-order chi connectivity index (χ1) is 14.0. The van der Waals surface area contributed by atoms with Gasteiger partial charge >= 0.3 is 11.9 Å². The largest absolute Gasteiger partial charge is 0.477 e. The zero-order valence-corrected chi connectivity index (χ0v) is 15.7. The number of carboxylic acids is 1. The number of carboxylic acid groups (broad SMARTS) is 1. The van der Waals surface area contributed by atoms with Crippen molar-refractivity contribution < 1.29 is 23.8 Å². The molecule has 0 unspecified atom stereocenters. The van der Waals surface area contributed by atoms with E-state index >= 15 is 0 Å². The normalized spacial score (nSPS) is 11.0. The highest BCUT2D eigenvalue weighted by atomic mass is 35.5. The Bertz CT molecular complexity index is 1120. The number of ether oxygens (including phenoxy) is 1. The molecule has 1 N–H and O–H groups in total. The van der Waals surface area contributed by atoms with Crippen molar-refractivity contribution in [2.24, 2.45) is 0 Å². The van der Waals surface area contributed by atoms with Gasteiger partial charge in [0.15, 0.2) is 0 Å². The second-order valence-electron chi connectivity index (χ2n) is 5.92. The second-order valence-corrected chi connectivity index (χ2v) is 6.33. The molecule has 1 heterocycles. The molecule has 3 aromatic rings. The first-order valence-electron chi connectivity index (χ1n) is 8.44. The first-order valence-corrected chi connectivity index (χ1v) is 8.81. The number of aliphatic carboxylic acids is 1. The Kier molecular flexibility index (Phi) is 6.12. The number of hydrogen-bond acceptors (Lipinski definition) is 5. The number of nitriles is 1. The van der Waals surface area contributed by atoms with Crippen LogP contribution in [0.1, 0.15) is 21.7 Å². The summed E-state index contributed by atoms with van der Waals surface area (Å²) in [4.78, 5) is 23.1. The maximum Gasteiger partial charge on any atom is 0.346 e. The van der Waals surface area contributed by atoms with E-state index in [0.717, 1.165) is 6.08 Å². The molecule has 0 fully saturated rings. The van der Waals surface area contributed by atoms with Crippen LogP contribution in [-0.4, -0.2) is 17.0 Å². The number of carbonyl (C=O) groups excluding carboxylic acids is 1. The van der Waals surface area contributed by atoms with Crippen molar-refractivity contribution in [1.29, 1.82) is 5.26 Å². The standard InChI is InChI=1S/C22H14ClNO5/c23-19-4-2-1-3-16(19)13-28-22(27)15-7-5-14(6-8-15)20-10-9-18(29-20)11-17(12-24)21(25)26/h1-11H,13H2,(H,25,26)/b17-11+. The summed E-state index contributed by atoms with van der Waals surface area (Å²) >= 11 is 6.05. The van der Waals surface area contributed by atoms with Crippen LogP contribution in [-0.2, 0) is 16.1 Å². The zero-order valence-electron chi connectivity index (χ0n) is 15.0. The van der Waals surface area contributed by atoms with Crippen LogP contribution in [0.5, 0.6) is 0 Å². The fraction of sp³-hybridized carbons (Fsp3) is 0.0455. The smallest absolute Gasteiger partial charge is 0.346 e. The molecule has 144 valence electrons. The highest BCUT2D eigenvalue weighted by Gasteiger charge is 2.11. The Hall–Kier alpha value is -3.82. The quantitative estimate of drug-likeness (QED) is 0.352. The third-order valence-corrected chi connectivity index (χ3v) is 4.35. The Labute approximate surface area is 171 Å². The summed E-state index contributed by atoms with van der Waals surface area (Å²) in [7, 11) is 0. The van der Waals surface area contributed by atoms with Gasteiger partial charge in [0.1, 0.15) is 29.8 Å². The van der Waals surface area contributed by atoms with Gasteiger partial charge in [-0.05, 0) is 30.3 Å². The van der Waals surface area contributed by atoms with Crippen LogP contribution < -0.4 is 0 Å². The summed E-state index contributed by atoms with van der Waals surface area (Å²) in [6, 6.07) is 18.5. The first kappa shape index (κ1) is 19.9. The van der Waals surface area contributed by atoms with Gasteiger partial charge < -0.3 is 14.3 Å². The molecular formula is C22H14ClNO5. The molecule has 0 bridgehead atoms. The number of nitrogens with zero attached hydrogens (tertiary/aromatic N) is 1. The minimum absolute atomic E-state index is 0.0684. The van der Waals surface area contributed by atoms with Crippen molar-refractivity contribution in [1.82, 2.24) is 0 Å². The van der Waals surface area contributed by atoms with Crippen molar-refractivity contribution in [3.05, 3.63) is 88.1 Å². The third kappa shape index (κ3) is 4.92. The van der Waals surface area contributed by atoms with Gasteiger partial charge in [0.05, 0.1) is 5.56 Å². The molecule has 0 spiro atoms. The summed E-state index contributed by atoms with van der Waals surface area (Å²) in [6.07, 6.45) is 1.15. The Morgan fingerprint density at radius 3 is 2.48 bits per heavy atom. The van der Waals surface area contributed by atoms with Crippen LogP contribution >= 0.6 is 11.6 Å². The zero-order chi connectivity index (χ0) is 20.8. The minimum atomic E-state index is -1.33. The molecule has 0 aliphatic rings. The lowest BCUT2D eigenvalue weighted by molar-refractivity contribution is -0.132. The molecule has 0 aliphatic heterocycles. The SMILES string of the molecule is N#C/C(=C\c1ccc(-c2ccc(C(=O)OCc3ccccc3Cl)cc2)o1)C(=O)O. The highest BCUT2D eigenvalue weighted by molar-refractivity contribution is 6.31. The van der Waals surface area contributed by atoms with E-state index in [1.165, 1.54) is 0 Å². The van der Waals surface area contributed by atoms with Crippen molar-refractivity contribution in [3.8, 4) is 17.4 Å². The summed E-state index contributed by atoms with van der Waals surface area (Å²) in [5.41, 5.74) is 1.34.